The van der Waals surface area contributed by atoms with Crippen LogP contribution in [0.4, 0.5) is 0 Å². The maximum atomic E-state index is 12.1. The second-order valence-corrected chi connectivity index (χ2v) is 7.99. The van der Waals surface area contributed by atoms with Crippen molar-refractivity contribution in [3.05, 3.63) is 107 Å². The van der Waals surface area contributed by atoms with Crippen LogP contribution in [0.5, 0.6) is 0 Å². The molecule has 3 aromatic rings. The zero-order valence-corrected chi connectivity index (χ0v) is 19.2. The first-order valence-corrected chi connectivity index (χ1v) is 11.5. The van der Waals surface area contributed by atoms with Crippen LogP contribution in [0, 0.1) is 6.92 Å². The molecule has 168 valence electrons. The lowest BCUT2D eigenvalue weighted by atomic mass is 9.99. The smallest absolute Gasteiger partial charge is 0.335 e. The van der Waals surface area contributed by atoms with E-state index in [9.17, 15) is 9.59 Å². The molecule has 0 amide bonds. The lowest BCUT2D eigenvalue weighted by molar-refractivity contribution is 0.0695. The summed E-state index contributed by atoms with van der Waals surface area (Å²) in [4.78, 5) is 23.1. The fourth-order valence-corrected chi connectivity index (χ4v) is 3.62. The van der Waals surface area contributed by atoms with Gasteiger partial charge in [-0.05, 0) is 37.0 Å². The fourth-order valence-electron chi connectivity index (χ4n) is 3.62. The van der Waals surface area contributed by atoms with E-state index in [2.05, 4.69) is 6.92 Å². The Hall–Kier alpha value is -3.20. The first-order chi connectivity index (χ1) is 15.5. The number of ketones is 1. The first kappa shape index (κ1) is 25.1. The Morgan fingerprint density at radius 1 is 0.688 bits per heavy atom. The summed E-state index contributed by atoms with van der Waals surface area (Å²) in [5.74, 6) is -0.722. The van der Waals surface area contributed by atoms with Gasteiger partial charge in [-0.3, -0.25) is 4.79 Å². The Morgan fingerprint density at radius 2 is 1.25 bits per heavy atom. The molecule has 0 aliphatic carbocycles. The molecule has 1 N–H and O–H groups in total. The summed E-state index contributed by atoms with van der Waals surface area (Å²) in [6.07, 6.45) is 8.32. The molecule has 3 aromatic carbocycles. The number of benzene rings is 3. The Balaban J connectivity index is 0.000000228. The van der Waals surface area contributed by atoms with Crippen molar-refractivity contribution in [2.45, 2.75) is 58.8 Å². The number of aryl methyl sites for hydroxylation is 2. The number of hydrogen-bond acceptors (Lipinski definition) is 2. The van der Waals surface area contributed by atoms with Gasteiger partial charge in [0.2, 0.25) is 0 Å². The van der Waals surface area contributed by atoms with Crippen molar-refractivity contribution in [1.82, 2.24) is 0 Å². The average molecular weight is 431 g/mol. The summed E-state index contributed by atoms with van der Waals surface area (Å²) in [6.45, 7) is 4.17. The zero-order chi connectivity index (χ0) is 23.2. The third-order valence-corrected chi connectivity index (χ3v) is 5.47. The Labute approximate surface area is 192 Å². The van der Waals surface area contributed by atoms with Crippen molar-refractivity contribution in [2.75, 3.05) is 0 Å². The molecule has 32 heavy (non-hydrogen) atoms. The van der Waals surface area contributed by atoms with Crippen molar-refractivity contribution in [1.29, 1.82) is 0 Å². The minimum Gasteiger partial charge on any atom is -0.478 e. The SMILES string of the molecule is CCCCCCCCc1ccccc1C(=O)O.Cc1ccccc1C(=O)c1ccccc1. The molecule has 0 unspecified atom stereocenters. The number of carbonyl (C=O) groups is 2. The van der Waals surface area contributed by atoms with Crippen molar-refractivity contribution < 1.29 is 14.7 Å². The standard InChI is InChI=1S/C15H22O2.C14H12O/c1-2-3-4-5-6-7-10-13-11-8-9-12-14(13)15(16)17;1-11-7-5-6-10-13(11)14(15)12-8-3-2-4-9-12/h8-9,11-12H,2-7,10H2,1H3,(H,16,17);2-10H,1H3. The molecule has 3 nitrogen and oxygen atoms in total. The molecule has 0 spiro atoms. The normalized spacial score (nSPS) is 10.2. The van der Waals surface area contributed by atoms with Crippen LogP contribution in [0.15, 0.2) is 78.9 Å². The van der Waals surface area contributed by atoms with E-state index in [-0.39, 0.29) is 5.78 Å². The molecule has 0 saturated heterocycles. The van der Waals surface area contributed by atoms with Crippen LogP contribution < -0.4 is 0 Å². The minimum absolute atomic E-state index is 0.0914. The maximum absolute atomic E-state index is 12.1. The molecule has 0 aliphatic heterocycles. The van der Waals surface area contributed by atoms with Gasteiger partial charge in [-0.1, -0.05) is 112 Å². The van der Waals surface area contributed by atoms with Gasteiger partial charge in [0.15, 0.2) is 5.78 Å². The molecule has 3 heteroatoms. The second kappa shape index (κ2) is 14.0. The van der Waals surface area contributed by atoms with Crippen LogP contribution in [0.25, 0.3) is 0 Å². The number of carbonyl (C=O) groups excluding carboxylic acids is 1. The van der Waals surface area contributed by atoms with Gasteiger partial charge in [-0.2, -0.15) is 0 Å². The first-order valence-electron chi connectivity index (χ1n) is 11.5. The molecule has 0 fully saturated rings. The number of rotatable bonds is 10. The fraction of sp³-hybridized carbons (Fsp3) is 0.310. The molecule has 0 saturated carbocycles. The van der Waals surface area contributed by atoms with Crippen LogP contribution in [-0.2, 0) is 6.42 Å². The number of hydrogen-bond donors (Lipinski definition) is 1. The summed E-state index contributed by atoms with van der Waals surface area (Å²) in [6, 6.07) is 24.3. The van der Waals surface area contributed by atoms with E-state index in [1.54, 1.807) is 12.1 Å². The molecular formula is C29H34O3. The maximum Gasteiger partial charge on any atom is 0.335 e. The van der Waals surface area contributed by atoms with E-state index in [0.717, 1.165) is 35.1 Å². The lowest BCUT2D eigenvalue weighted by Crippen LogP contribution is -2.02. The largest absolute Gasteiger partial charge is 0.478 e. The van der Waals surface area contributed by atoms with Crippen LogP contribution >= 0.6 is 0 Å². The second-order valence-electron chi connectivity index (χ2n) is 7.99. The van der Waals surface area contributed by atoms with Gasteiger partial charge in [0.1, 0.15) is 0 Å². The van der Waals surface area contributed by atoms with Gasteiger partial charge in [-0.25, -0.2) is 4.79 Å². The number of aromatic carboxylic acids is 1. The van der Waals surface area contributed by atoms with Gasteiger partial charge < -0.3 is 5.11 Å². The van der Waals surface area contributed by atoms with Crippen LogP contribution in [0.3, 0.4) is 0 Å². The molecule has 0 aromatic heterocycles. The highest BCUT2D eigenvalue weighted by atomic mass is 16.4. The van der Waals surface area contributed by atoms with E-state index >= 15 is 0 Å². The van der Waals surface area contributed by atoms with E-state index in [4.69, 9.17) is 5.11 Å². The quantitative estimate of drug-likeness (QED) is 0.267. The summed E-state index contributed by atoms with van der Waals surface area (Å²) in [7, 11) is 0. The Bertz CT molecular complexity index is 976. The van der Waals surface area contributed by atoms with Crippen molar-refractivity contribution >= 4 is 11.8 Å². The summed E-state index contributed by atoms with van der Waals surface area (Å²) < 4.78 is 0. The van der Waals surface area contributed by atoms with Crippen molar-refractivity contribution in [3.63, 3.8) is 0 Å². The van der Waals surface area contributed by atoms with E-state index in [0.29, 0.717) is 5.56 Å². The highest BCUT2D eigenvalue weighted by Crippen LogP contribution is 2.15. The highest BCUT2D eigenvalue weighted by Gasteiger charge is 2.10. The average Bonchev–Trinajstić information content (AvgIpc) is 2.82. The molecule has 0 heterocycles. The molecule has 0 aliphatic rings. The van der Waals surface area contributed by atoms with Crippen LogP contribution in [0.1, 0.15) is 82.9 Å². The number of carboxylic acid groups (broad SMARTS) is 1. The van der Waals surface area contributed by atoms with E-state index in [1.165, 1.54) is 32.1 Å². The minimum atomic E-state index is -0.813. The molecule has 3 rings (SSSR count). The summed E-state index contributed by atoms with van der Waals surface area (Å²) in [5.41, 5.74) is 3.97. The third-order valence-electron chi connectivity index (χ3n) is 5.47. The molecule has 0 bridgehead atoms. The predicted octanol–water partition coefficient (Wildman–Crippen LogP) is 7.51. The topological polar surface area (TPSA) is 54.4 Å². The van der Waals surface area contributed by atoms with Crippen molar-refractivity contribution in [2.24, 2.45) is 0 Å². The monoisotopic (exact) mass is 430 g/mol. The van der Waals surface area contributed by atoms with Crippen LogP contribution in [0.2, 0.25) is 0 Å². The summed E-state index contributed by atoms with van der Waals surface area (Å²) >= 11 is 0. The van der Waals surface area contributed by atoms with Gasteiger partial charge in [0, 0.05) is 11.1 Å². The van der Waals surface area contributed by atoms with Gasteiger partial charge in [0.05, 0.1) is 5.56 Å². The Kier molecular flexibility index (Phi) is 10.9. The van der Waals surface area contributed by atoms with Gasteiger partial charge in [0.25, 0.3) is 0 Å². The predicted molar refractivity (Wildman–Crippen MR) is 132 cm³/mol. The van der Waals surface area contributed by atoms with Gasteiger partial charge in [-0.15, -0.1) is 0 Å². The van der Waals surface area contributed by atoms with E-state index < -0.39 is 5.97 Å². The number of unbranched alkanes of at least 4 members (excludes halogenated alkanes) is 5. The highest BCUT2D eigenvalue weighted by molar-refractivity contribution is 6.09. The molecule has 0 radical (unpaired) electrons. The zero-order valence-electron chi connectivity index (χ0n) is 19.2. The van der Waals surface area contributed by atoms with Crippen molar-refractivity contribution in [3.8, 4) is 0 Å². The lowest BCUT2D eigenvalue weighted by Gasteiger charge is -2.05. The third kappa shape index (κ3) is 8.14. The number of carboxylic acids is 1. The van der Waals surface area contributed by atoms with Crippen LogP contribution in [-0.4, -0.2) is 16.9 Å². The van der Waals surface area contributed by atoms with E-state index in [1.807, 2.05) is 73.7 Å². The van der Waals surface area contributed by atoms with Gasteiger partial charge >= 0.3 is 5.97 Å². The molecular weight excluding hydrogens is 396 g/mol. The summed E-state index contributed by atoms with van der Waals surface area (Å²) in [5, 5.41) is 9.04. The molecule has 0 atom stereocenters. The Morgan fingerprint density at radius 3 is 1.91 bits per heavy atom.